The molecule has 16 heavy (non-hydrogen) atoms. The van der Waals surface area contributed by atoms with Gasteiger partial charge >= 0.3 is 0 Å². The standard InChI is InChI=1S/C10H12BrN5/c1-6-4-3-5-13-8(6)7(12)9-10(11)14-15-16(9)2/h3-5,7H,12H2,1-2H3. The maximum absolute atomic E-state index is 6.17. The zero-order chi connectivity index (χ0) is 11.7. The molecule has 2 aromatic heterocycles. The molecule has 84 valence electrons. The normalized spacial score (nSPS) is 12.8. The molecule has 2 heterocycles. The van der Waals surface area contributed by atoms with Gasteiger partial charge in [-0.3, -0.25) is 4.98 Å². The molecule has 0 radical (unpaired) electrons. The van der Waals surface area contributed by atoms with Crippen molar-refractivity contribution < 1.29 is 0 Å². The van der Waals surface area contributed by atoms with E-state index in [2.05, 4.69) is 31.2 Å². The van der Waals surface area contributed by atoms with Crippen molar-refractivity contribution in [2.45, 2.75) is 13.0 Å². The van der Waals surface area contributed by atoms with Crippen molar-refractivity contribution >= 4 is 15.9 Å². The highest BCUT2D eigenvalue weighted by Gasteiger charge is 2.20. The Kier molecular flexibility index (Phi) is 3.02. The molecule has 5 nitrogen and oxygen atoms in total. The molecule has 2 aromatic rings. The van der Waals surface area contributed by atoms with E-state index in [1.807, 2.05) is 26.1 Å². The molecule has 2 N–H and O–H groups in total. The van der Waals surface area contributed by atoms with E-state index in [1.54, 1.807) is 10.9 Å². The van der Waals surface area contributed by atoms with Crippen molar-refractivity contribution in [2.24, 2.45) is 12.8 Å². The second kappa shape index (κ2) is 4.31. The van der Waals surface area contributed by atoms with Gasteiger partial charge in [-0.05, 0) is 34.5 Å². The first-order valence-electron chi connectivity index (χ1n) is 4.83. The topological polar surface area (TPSA) is 69.6 Å². The number of aryl methyl sites for hydroxylation is 2. The van der Waals surface area contributed by atoms with Crippen molar-refractivity contribution in [1.82, 2.24) is 20.0 Å². The smallest absolute Gasteiger partial charge is 0.153 e. The second-order valence-electron chi connectivity index (χ2n) is 3.57. The van der Waals surface area contributed by atoms with Crippen LogP contribution < -0.4 is 5.73 Å². The molecule has 0 aliphatic rings. The van der Waals surface area contributed by atoms with Crippen LogP contribution in [-0.4, -0.2) is 20.0 Å². The van der Waals surface area contributed by atoms with Crippen LogP contribution in [0.3, 0.4) is 0 Å². The Bertz CT molecular complexity index is 488. The number of hydrogen-bond donors (Lipinski definition) is 1. The molecule has 1 unspecified atom stereocenters. The zero-order valence-electron chi connectivity index (χ0n) is 9.05. The Balaban J connectivity index is 2.47. The van der Waals surface area contributed by atoms with Crippen LogP contribution in [0.1, 0.15) is 23.0 Å². The first-order chi connectivity index (χ1) is 7.61. The summed E-state index contributed by atoms with van der Waals surface area (Å²) in [4.78, 5) is 4.30. The highest BCUT2D eigenvalue weighted by molar-refractivity contribution is 9.10. The third-order valence-electron chi connectivity index (χ3n) is 2.47. The molecule has 0 bridgehead atoms. The average molecular weight is 282 g/mol. The SMILES string of the molecule is Cc1cccnc1C(N)c1c(Br)nnn1C. The van der Waals surface area contributed by atoms with Gasteiger partial charge in [-0.2, -0.15) is 0 Å². The van der Waals surface area contributed by atoms with Crippen LogP contribution in [0.15, 0.2) is 22.9 Å². The van der Waals surface area contributed by atoms with E-state index < -0.39 is 0 Å². The van der Waals surface area contributed by atoms with Gasteiger partial charge in [0.05, 0.1) is 17.4 Å². The van der Waals surface area contributed by atoms with Gasteiger partial charge in [-0.15, -0.1) is 5.10 Å². The maximum Gasteiger partial charge on any atom is 0.153 e. The van der Waals surface area contributed by atoms with E-state index in [4.69, 9.17) is 5.73 Å². The largest absolute Gasteiger partial charge is 0.318 e. The van der Waals surface area contributed by atoms with Crippen LogP contribution in [0, 0.1) is 6.92 Å². The van der Waals surface area contributed by atoms with Gasteiger partial charge in [0.15, 0.2) is 4.60 Å². The lowest BCUT2D eigenvalue weighted by Gasteiger charge is -2.13. The van der Waals surface area contributed by atoms with Crippen molar-refractivity contribution in [3.05, 3.63) is 39.9 Å². The summed E-state index contributed by atoms with van der Waals surface area (Å²) in [5.74, 6) is 0. The zero-order valence-corrected chi connectivity index (χ0v) is 10.6. The second-order valence-corrected chi connectivity index (χ2v) is 4.32. The number of nitrogens with two attached hydrogens (primary N) is 1. The van der Waals surface area contributed by atoms with Crippen molar-refractivity contribution in [1.29, 1.82) is 0 Å². The molecule has 0 aromatic carbocycles. The van der Waals surface area contributed by atoms with Gasteiger partial charge < -0.3 is 5.73 Å². The predicted octanol–water partition coefficient (Wildman–Crippen LogP) is 1.33. The fourth-order valence-corrected chi connectivity index (χ4v) is 2.20. The van der Waals surface area contributed by atoms with E-state index >= 15 is 0 Å². The lowest BCUT2D eigenvalue weighted by atomic mass is 10.1. The van der Waals surface area contributed by atoms with Crippen LogP contribution in [0.2, 0.25) is 0 Å². The van der Waals surface area contributed by atoms with E-state index in [0.717, 1.165) is 17.0 Å². The van der Waals surface area contributed by atoms with Gasteiger partial charge in [0.2, 0.25) is 0 Å². The third kappa shape index (κ3) is 1.85. The maximum atomic E-state index is 6.17. The minimum atomic E-state index is -0.324. The summed E-state index contributed by atoms with van der Waals surface area (Å²) < 4.78 is 2.32. The third-order valence-corrected chi connectivity index (χ3v) is 3.03. The number of nitrogens with zero attached hydrogens (tertiary/aromatic N) is 4. The van der Waals surface area contributed by atoms with E-state index in [0.29, 0.717) is 4.60 Å². The lowest BCUT2D eigenvalue weighted by molar-refractivity contribution is 0.642. The number of pyridine rings is 1. The Morgan fingerprint density at radius 2 is 2.25 bits per heavy atom. The Hall–Kier alpha value is -1.27. The van der Waals surface area contributed by atoms with E-state index in [-0.39, 0.29) is 6.04 Å². The van der Waals surface area contributed by atoms with Gasteiger partial charge in [0, 0.05) is 13.2 Å². The molecule has 1 atom stereocenters. The highest BCUT2D eigenvalue weighted by Crippen LogP contribution is 2.24. The summed E-state index contributed by atoms with van der Waals surface area (Å²) >= 11 is 3.34. The minimum Gasteiger partial charge on any atom is -0.318 e. The first-order valence-corrected chi connectivity index (χ1v) is 5.62. The highest BCUT2D eigenvalue weighted by atomic mass is 79.9. The fraction of sp³-hybridized carbons (Fsp3) is 0.300. The van der Waals surface area contributed by atoms with Gasteiger partial charge in [-0.25, -0.2) is 4.68 Å². The van der Waals surface area contributed by atoms with Crippen LogP contribution in [0.25, 0.3) is 0 Å². The van der Waals surface area contributed by atoms with Crippen molar-refractivity contribution in [3.8, 4) is 0 Å². The molecule has 0 fully saturated rings. The molecule has 6 heteroatoms. The van der Waals surface area contributed by atoms with Crippen LogP contribution >= 0.6 is 15.9 Å². The van der Waals surface area contributed by atoms with Crippen molar-refractivity contribution in [2.75, 3.05) is 0 Å². The summed E-state index contributed by atoms with van der Waals surface area (Å²) in [6.07, 6.45) is 1.74. The van der Waals surface area contributed by atoms with Gasteiger partial charge in [0.25, 0.3) is 0 Å². The quantitative estimate of drug-likeness (QED) is 0.902. The predicted molar refractivity (Wildman–Crippen MR) is 63.7 cm³/mol. The molecule has 0 amide bonds. The lowest BCUT2D eigenvalue weighted by Crippen LogP contribution is -2.18. The monoisotopic (exact) mass is 281 g/mol. The molecule has 2 rings (SSSR count). The number of hydrogen-bond acceptors (Lipinski definition) is 4. The molecular formula is C10H12BrN5. The molecule has 0 aliphatic heterocycles. The van der Waals surface area contributed by atoms with E-state index in [9.17, 15) is 0 Å². The molecule has 0 saturated heterocycles. The summed E-state index contributed by atoms with van der Waals surface area (Å²) in [7, 11) is 1.81. The van der Waals surface area contributed by atoms with Crippen LogP contribution in [0.5, 0.6) is 0 Å². The Labute approximate surface area is 102 Å². The average Bonchev–Trinajstić information content (AvgIpc) is 2.58. The number of aromatic nitrogens is 4. The van der Waals surface area contributed by atoms with Crippen LogP contribution in [0.4, 0.5) is 0 Å². The Morgan fingerprint density at radius 3 is 2.81 bits per heavy atom. The fourth-order valence-electron chi connectivity index (χ4n) is 1.62. The summed E-state index contributed by atoms with van der Waals surface area (Å²) in [5.41, 5.74) is 8.89. The Morgan fingerprint density at radius 1 is 1.50 bits per heavy atom. The first kappa shape index (κ1) is 11.2. The molecule has 0 saturated carbocycles. The van der Waals surface area contributed by atoms with Gasteiger partial charge in [-0.1, -0.05) is 11.3 Å². The number of rotatable bonds is 2. The summed E-state index contributed by atoms with van der Waals surface area (Å²) in [5, 5.41) is 7.82. The molecular weight excluding hydrogens is 270 g/mol. The summed E-state index contributed by atoms with van der Waals surface area (Å²) in [6.45, 7) is 1.99. The van der Waals surface area contributed by atoms with E-state index in [1.165, 1.54) is 0 Å². The van der Waals surface area contributed by atoms with Crippen molar-refractivity contribution in [3.63, 3.8) is 0 Å². The van der Waals surface area contributed by atoms with Crippen LogP contribution in [-0.2, 0) is 7.05 Å². The molecule has 0 aliphatic carbocycles. The number of halogens is 1. The minimum absolute atomic E-state index is 0.324. The summed E-state index contributed by atoms with van der Waals surface area (Å²) in [6, 6.07) is 3.55. The molecule has 0 spiro atoms. The van der Waals surface area contributed by atoms with Gasteiger partial charge in [0.1, 0.15) is 0 Å².